The number of hydrogen-bond acceptors (Lipinski definition) is 5. The zero-order valence-corrected chi connectivity index (χ0v) is 16.2. The first kappa shape index (κ1) is 19.3. The molecule has 2 N–H and O–H groups in total. The van der Waals surface area contributed by atoms with Gasteiger partial charge in [0.2, 0.25) is 11.8 Å². The van der Waals surface area contributed by atoms with E-state index in [9.17, 15) is 9.59 Å². The summed E-state index contributed by atoms with van der Waals surface area (Å²) in [5.74, 6) is 0.356. The van der Waals surface area contributed by atoms with Crippen LogP contribution in [0.3, 0.4) is 0 Å². The third-order valence-electron chi connectivity index (χ3n) is 3.76. The molecule has 0 aliphatic carbocycles. The van der Waals surface area contributed by atoms with E-state index in [-0.39, 0.29) is 11.8 Å². The van der Waals surface area contributed by atoms with Gasteiger partial charge in [0, 0.05) is 29.6 Å². The molecule has 0 spiro atoms. The molecule has 2 aromatic carbocycles. The third kappa shape index (κ3) is 5.28. The number of aromatic nitrogens is 1. The van der Waals surface area contributed by atoms with Crippen molar-refractivity contribution >= 4 is 40.0 Å². The van der Waals surface area contributed by atoms with Gasteiger partial charge in [0.15, 0.2) is 5.13 Å². The lowest BCUT2D eigenvalue weighted by molar-refractivity contribution is -0.114. The molecule has 2 amide bonds. The van der Waals surface area contributed by atoms with Gasteiger partial charge in [0.05, 0.1) is 12.8 Å². The number of amides is 2. The zero-order chi connectivity index (χ0) is 19.9. The second-order valence-corrected chi connectivity index (χ2v) is 6.75. The smallest absolute Gasteiger partial charge is 0.250 e. The van der Waals surface area contributed by atoms with E-state index in [1.165, 1.54) is 24.3 Å². The van der Waals surface area contributed by atoms with Crippen LogP contribution in [-0.4, -0.2) is 23.9 Å². The van der Waals surface area contributed by atoms with Crippen molar-refractivity contribution in [3.63, 3.8) is 0 Å². The lowest BCUT2D eigenvalue weighted by atomic mass is 10.1. The standard InChI is InChI=1S/C21H19N3O3S/c1-14(25)22-17-9-7-16(8-10-17)19-13-28-21(23-19)24-20(26)11-6-15-4-3-5-18(12-15)27-2/h3-13H,1-2H3,(H,22,25)(H,23,24,26). The number of thiazole rings is 1. The lowest BCUT2D eigenvalue weighted by Crippen LogP contribution is -2.07. The van der Waals surface area contributed by atoms with Crippen molar-refractivity contribution in [1.29, 1.82) is 0 Å². The highest BCUT2D eigenvalue weighted by atomic mass is 32.1. The van der Waals surface area contributed by atoms with Crippen LogP contribution in [-0.2, 0) is 9.59 Å². The third-order valence-corrected chi connectivity index (χ3v) is 4.51. The molecule has 28 heavy (non-hydrogen) atoms. The van der Waals surface area contributed by atoms with Crippen molar-refractivity contribution in [2.75, 3.05) is 17.7 Å². The van der Waals surface area contributed by atoms with Gasteiger partial charge in [-0.15, -0.1) is 11.3 Å². The van der Waals surface area contributed by atoms with Crippen LogP contribution in [0.2, 0.25) is 0 Å². The summed E-state index contributed by atoms with van der Waals surface area (Å²) in [5, 5.41) is 7.87. The van der Waals surface area contributed by atoms with Gasteiger partial charge < -0.3 is 10.1 Å². The predicted molar refractivity (Wildman–Crippen MR) is 113 cm³/mol. The Morgan fingerprint density at radius 2 is 1.89 bits per heavy atom. The summed E-state index contributed by atoms with van der Waals surface area (Å²) in [4.78, 5) is 27.6. The number of benzene rings is 2. The number of ether oxygens (including phenoxy) is 1. The molecule has 0 bridgehead atoms. The SMILES string of the molecule is COc1cccc(C=CC(=O)Nc2nc(-c3ccc(NC(C)=O)cc3)cs2)c1. The second kappa shape index (κ2) is 8.96. The largest absolute Gasteiger partial charge is 0.497 e. The van der Waals surface area contributed by atoms with Gasteiger partial charge in [0.1, 0.15) is 5.75 Å². The average molecular weight is 393 g/mol. The molecule has 0 fully saturated rings. The molecular weight excluding hydrogens is 374 g/mol. The van der Waals surface area contributed by atoms with Gasteiger partial charge in [-0.25, -0.2) is 4.98 Å². The fourth-order valence-corrected chi connectivity index (χ4v) is 3.18. The Kier molecular flexibility index (Phi) is 6.18. The number of anilines is 2. The fraction of sp³-hybridized carbons (Fsp3) is 0.0952. The minimum Gasteiger partial charge on any atom is -0.497 e. The molecule has 142 valence electrons. The normalized spacial score (nSPS) is 10.6. The molecule has 0 aliphatic heterocycles. The fourth-order valence-electron chi connectivity index (χ4n) is 2.46. The summed E-state index contributed by atoms with van der Waals surface area (Å²) in [7, 11) is 1.60. The Labute approximate surface area is 166 Å². The van der Waals surface area contributed by atoms with Gasteiger partial charge in [-0.05, 0) is 35.9 Å². The maximum atomic E-state index is 12.1. The Morgan fingerprint density at radius 1 is 1.11 bits per heavy atom. The molecule has 7 heteroatoms. The Bertz CT molecular complexity index is 1010. The van der Waals surface area contributed by atoms with Crippen LogP contribution in [0.15, 0.2) is 60.0 Å². The quantitative estimate of drug-likeness (QED) is 0.607. The van der Waals surface area contributed by atoms with E-state index < -0.39 is 0 Å². The van der Waals surface area contributed by atoms with Crippen LogP contribution in [0.5, 0.6) is 5.75 Å². The van der Waals surface area contributed by atoms with E-state index >= 15 is 0 Å². The van der Waals surface area contributed by atoms with Crippen molar-refractivity contribution in [3.8, 4) is 17.0 Å². The minimum absolute atomic E-state index is 0.117. The summed E-state index contributed by atoms with van der Waals surface area (Å²) < 4.78 is 5.16. The topological polar surface area (TPSA) is 80.3 Å². The molecule has 0 atom stereocenters. The first-order valence-electron chi connectivity index (χ1n) is 8.50. The van der Waals surface area contributed by atoms with Crippen molar-refractivity contribution in [2.24, 2.45) is 0 Å². The van der Waals surface area contributed by atoms with Crippen LogP contribution < -0.4 is 15.4 Å². The molecule has 0 saturated carbocycles. The second-order valence-electron chi connectivity index (χ2n) is 5.90. The highest BCUT2D eigenvalue weighted by Gasteiger charge is 2.07. The summed E-state index contributed by atoms with van der Waals surface area (Å²) in [5.41, 5.74) is 3.25. The number of carbonyl (C=O) groups is 2. The Hall–Kier alpha value is -3.45. The van der Waals surface area contributed by atoms with Crippen molar-refractivity contribution in [1.82, 2.24) is 4.98 Å². The van der Waals surface area contributed by atoms with Gasteiger partial charge in [-0.1, -0.05) is 24.3 Å². The number of nitrogens with one attached hydrogen (secondary N) is 2. The number of carbonyl (C=O) groups excluding carboxylic acids is 2. The molecule has 1 heterocycles. The van der Waals surface area contributed by atoms with Crippen LogP contribution in [0.4, 0.5) is 10.8 Å². The highest BCUT2D eigenvalue weighted by molar-refractivity contribution is 7.14. The van der Waals surface area contributed by atoms with Crippen LogP contribution >= 0.6 is 11.3 Å². The highest BCUT2D eigenvalue weighted by Crippen LogP contribution is 2.26. The van der Waals surface area contributed by atoms with Gasteiger partial charge in [0.25, 0.3) is 0 Å². The van der Waals surface area contributed by atoms with E-state index in [0.717, 1.165) is 28.3 Å². The minimum atomic E-state index is -0.260. The molecule has 6 nitrogen and oxygen atoms in total. The van der Waals surface area contributed by atoms with Gasteiger partial charge >= 0.3 is 0 Å². The molecule has 1 aromatic heterocycles. The van der Waals surface area contributed by atoms with Crippen molar-refractivity contribution in [2.45, 2.75) is 6.92 Å². The molecule has 0 aliphatic rings. The molecule has 3 rings (SSSR count). The molecule has 0 radical (unpaired) electrons. The summed E-state index contributed by atoms with van der Waals surface area (Å²) in [6.07, 6.45) is 3.17. The first-order chi connectivity index (χ1) is 13.5. The van der Waals surface area contributed by atoms with E-state index in [4.69, 9.17) is 4.74 Å². The van der Waals surface area contributed by atoms with Crippen LogP contribution in [0.1, 0.15) is 12.5 Å². The van der Waals surface area contributed by atoms with E-state index in [2.05, 4.69) is 15.6 Å². The molecular formula is C21H19N3O3S. The number of rotatable bonds is 6. The maximum Gasteiger partial charge on any atom is 0.250 e. The van der Waals surface area contributed by atoms with Crippen LogP contribution in [0.25, 0.3) is 17.3 Å². The number of nitrogens with zero attached hydrogens (tertiary/aromatic N) is 1. The molecule has 3 aromatic rings. The Morgan fingerprint density at radius 3 is 2.61 bits per heavy atom. The van der Waals surface area contributed by atoms with Gasteiger partial charge in [-0.2, -0.15) is 0 Å². The van der Waals surface area contributed by atoms with E-state index in [0.29, 0.717) is 5.13 Å². The summed E-state index contributed by atoms with van der Waals surface area (Å²) in [6.45, 7) is 1.46. The molecule has 0 saturated heterocycles. The average Bonchev–Trinajstić information content (AvgIpc) is 3.15. The van der Waals surface area contributed by atoms with Crippen LogP contribution in [0, 0.1) is 0 Å². The monoisotopic (exact) mass is 393 g/mol. The summed E-state index contributed by atoms with van der Waals surface area (Å²) in [6, 6.07) is 14.8. The number of methoxy groups -OCH3 is 1. The van der Waals surface area contributed by atoms with E-state index in [1.54, 1.807) is 13.2 Å². The van der Waals surface area contributed by atoms with E-state index in [1.807, 2.05) is 53.9 Å². The van der Waals surface area contributed by atoms with Gasteiger partial charge in [-0.3, -0.25) is 14.9 Å². The Balaban J connectivity index is 1.62. The first-order valence-corrected chi connectivity index (χ1v) is 9.38. The lowest BCUT2D eigenvalue weighted by Gasteiger charge is -2.02. The van der Waals surface area contributed by atoms with Crippen molar-refractivity contribution < 1.29 is 14.3 Å². The van der Waals surface area contributed by atoms with Crippen molar-refractivity contribution in [3.05, 3.63) is 65.6 Å². The summed E-state index contributed by atoms with van der Waals surface area (Å²) >= 11 is 1.35. The number of hydrogen-bond donors (Lipinski definition) is 2. The zero-order valence-electron chi connectivity index (χ0n) is 15.4. The maximum absolute atomic E-state index is 12.1. The predicted octanol–water partition coefficient (Wildman–Crippen LogP) is 4.43. The molecule has 0 unspecified atom stereocenters.